The molecule has 2 aromatic carbocycles. The van der Waals surface area contributed by atoms with Crippen LogP contribution >= 0.6 is 0 Å². The third kappa shape index (κ3) is 5.72. The number of methoxy groups -OCH3 is 2. The molecule has 0 saturated heterocycles. The van der Waals surface area contributed by atoms with Gasteiger partial charge in [0.15, 0.2) is 0 Å². The molecule has 0 saturated carbocycles. The van der Waals surface area contributed by atoms with E-state index >= 15 is 0 Å². The molecular weight excluding hydrogens is 398 g/mol. The van der Waals surface area contributed by atoms with Crippen molar-refractivity contribution in [3.8, 4) is 11.4 Å². The number of rotatable bonds is 7. The maximum absolute atomic E-state index is 12.2. The monoisotopic (exact) mass is 421 g/mol. The predicted octanol–water partition coefficient (Wildman–Crippen LogP) is 3.63. The van der Waals surface area contributed by atoms with Crippen molar-refractivity contribution >= 4 is 18.1 Å². The van der Waals surface area contributed by atoms with E-state index in [1.165, 1.54) is 13.2 Å². The molecule has 0 fully saturated rings. The van der Waals surface area contributed by atoms with Gasteiger partial charge in [0, 0.05) is 6.20 Å². The molecule has 0 atom stereocenters. The molecule has 3 aromatic rings. The number of carbonyl (C=O) groups is 2. The van der Waals surface area contributed by atoms with Crippen molar-refractivity contribution < 1.29 is 23.8 Å². The molecular formula is C23H23N3O5. The summed E-state index contributed by atoms with van der Waals surface area (Å²) in [5.74, 6) is -0.132. The second kappa shape index (κ2) is 10.1. The highest BCUT2D eigenvalue weighted by Gasteiger charge is 2.15. The quantitative estimate of drug-likeness (QED) is 0.463. The smallest absolute Gasteiger partial charge is 0.412 e. The number of imidazole rings is 1. The molecule has 0 unspecified atom stereocenters. The minimum atomic E-state index is -0.766. The first-order valence-corrected chi connectivity index (χ1v) is 9.47. The van der Waals surface area contributed by atoms with Crippen molar-refractivity contribution in [1.29, 1.82) is 0 Å². The molecule has 0 aliphatic rings. The van der Waals surface area contributed by atoms with Crippen molar-refractivity contribution in [2.75, 3.05) is 14.2 Å². The van der Waals surface area contributed by atoms with Crippen LogP contribution in [0.2, 0.25) is 0 Å². The Hall–Kier alpha value is -4.07. The summed E-state index contributed by atoms with van der Waals surface area (Å²) in [6, 6.07) is 14.6. The highest BCUT2D eigenvalue weighted by atomic mass is 16.6. The van der Waals surface area contributed by atoms with E-state index in [0.29, 0.717) is 11.3 Å². The van der Waals surface area contributed by atoms with Crippen molar-refractivity contribution in [1.82, 2.24) is 14.9 Å². The van der Waals surface area contributed by atoms with E-state index in [2.05, 4.69) is 10.3 Å². The first-order chi connectivity index (χ1) is 15.0. The summed E-state index contributed by atoms with van der Waals surface area (Å²) in [4.78, 5) is 28.6. The zero-order valence-electron chi connectivity index (χ0n) is 17.5. The Bertz CT molecular complexity index is 1090. The van der Waals surface area contributed by atoms with Gasteiger partial charge in [0.05, 0.1) is 31.9 Å². The minimum Gasteiger partial charge on any atom is -0.495 e. The van der Waals surface area contributed by atoms with Gasteiger partial charge in [-0.25, -0.2) is 14.6 Å². The van der Waals surface area contributed by atoms with Crippen LogP contribution in [0.15, 0.2) is 66.8 Å². The third-order valence-electron chi connectivity index (χ3n) is 4.36. The van der Waals surface area contributed by atoms with Crippen LogP contribution in [0.25, 0.3) is 11.8 Å². The van der Waals surface area contributed by atoms with Crippen molar-refractivity contribution in [3.63, 3.8) is 0 Å². The van der Waals surface area contributed by atoms with Gasteiger partial charge < -0.3 is 18.8 Å². The van der Waals surface area contributed by atoms with Crippen molar-refractivity contribution in [2.24, 2.45) is 0 Å². The van der Waals surface area contributed by atoms with E-state index in [0.717, 1.165) is 16.9 Å². The van der Waals surface area contributed by atoms with Gasteiger partial charge in [0.1, 0.15) is 18.1 Å². The van der Waals surface area contributed by atoms with Crippen LogP contribution < -0.4 is 10.1 Å². The highest BCUT2D eigenvalue weighted by Crippen LogP contribution is 2.25. The number of nitrogens with zero attached hydrogens (tertiary/aromatic N) is 2. The van der Waals surface area contributed by atoms with E-state index in [-0.39, 0.29) is 12.3 Å². The van der Waals surface area contributed by atoms with E-state index in [1.54, 1.807) is 25.6 Å². The van der Waals surface area contributed by atoms with Crippen LogP contribution in [-0.4, -0.2) is 35.8 Å². The number of hydrogen-bond donors (Lipinski definition) is 1. The maximum Gasteiger partial charge on any atom is 0.412 e. The fourth-order valence-electron chi connectivity index (χ4n) is 2.84. The number of aryl methyl sites for hydroxylation is 1. The predicted molar refractivity (Wildman–Crippen MR) is 115 cm³/mol. The van der Waals surface area contributed by atoms with Crippen LogP contribution in [0.4, 0.5) is 4.79 Å². The molecule has 160 valence electrons. The lowest BCUT2D eigenvalue weighted by atomic mass is 10.1. The second-order valence-corrected chi connectivity index (χ2v) is 6.59. The number of amides is 1. The van der Waals surface area contributed by atoms with E-state index in [4.69, 9.17) is 14.2 Å². The molecule has 1 aromatic heterocycles. The minimum absolute atomic E-state index is 0.0613. The topological polar surface area (TPSA) is 91.7 Å². The summed E-state index contributed by atoms with van der Waals surface area (Å²) < 4.78 is 17.3. The largest absolute Gasteiger partial charge is 0.495 e. The maximum atomic E-state index is 12.2. The number of esters is 1. The van der Waals surface area contributed by atoms with Crippen LogP contribution in [0.1, 0.15) is 16.8 Å². The van der Waals surface area contributed by atoms with Gasteiger partial charge in [0.25, 0.3) is 0 Å². The Morgan fingerprint density at radius 2 is 1.90 bits per heavy atom. The summed E-state index contributed by atoms with van der Waals surface area (Å²) in [5.41, 5.74) is 3.05. The van der Waals surface area contributed by atoms with Crippen LogP contribution in [0, 0.1) is 6.92 Å². The number of aromatic nitrogens is 2. The number of carbonyl (C=O) groups excluding carboxylic acids is 2. The molecule has 0 radical (unpaired) electrons. The Morgan fingerprint density at radius 3 is 2.55 bits per heavy atom. The van der Waals surface area contributed by atoms with Gasteiger partial charge >= 0.3 is 12.1 Å². The molecule has 8 heteroatoms. The van der Waals surface area contributed by atoms with Crippen LogP contribution in [-0.2, 0) is 20.9 Å². The lowest BCUT2D eigenvalue weighted by molar-refractivity contribution is -0.136. The van der Waals surface area contributed by atoms with E-state index in [9.17, 15) is 9.59 Å². The Morgan fingerprint density at radius 1 is 1.13 bits per heavy atom. The molecule has 1 N–H and O–H groups in total. The average Bonchev–Trinajstić information content (AvgIpc) is 3.23. The molecule has 0 aliphatic heterocycles. The first-order valence-electron chi connectivity index (χ1n) is 9.47. The fourth-order valence-corrected chi connectivity index (χ4v) is 2.84. The fraction of sp³-hybridized carbons (Fsp3) is 0.174. The summed E-state index contributed by atoms with van der Waals surface area (Å²) in [6.45, 7) is 1.97. The molecule has 1 heterocycles. The Kier molecular flexibility index (Phi) is 7.05. The standard InChI is InChI=1S/C23H23N3O5/c1-16-13-26(15-24-16)20-10-9-18(12-21(20)29-2)11-19(22(27)30-3)25-23(28)31-14-17-7-5-4-6-8-17/h4-13,15H,14H2,1-3H3,(H,25,28). The van der Waals surface area contributed by atoms with Crippen LogP contribution in [0.3, 0.4) is 0 Å². The lowest BCUT2D eigenvalue weighted by Gasteiger charge is -2.12. The van der Waals surface area contributed by atoms with Crippen molar-refractivity contribution in [2.45, 2.75) is 13.5 Å². The van der Waals surface area contributed by atoms with Crippen LogP contribution in [0.5, 0.6) is 5.75 Å². The molecule has 0 spiro atoms. The molecule has 0 bridgehead atoms. The number of ether oxygens (including phenoxy) is 3. The molecule has 3 rings (SSSR count). The second-order valence-electron chi connectivity index (χ2n) is 6.59. The summed E-state index contributed by atoms with van der Waals surface area (Å²) in [6.07, 6.45) is 4.28. The normalized spacial score (nSPS) is 11.0. The zero-order valence-corrected chi connectivity index (χ0v) is 17.5. The third-order valence-corrected chi connectivity index (χ3v) is 4.36. The number of nitrogens with one attached hydrogen (secondary N) is 1. The molecule has 1 amide bonds. The van der Waals surface area contributed by atoms with Gasteiger partial charge in [0.2, 0.25) is 0 Å². The number of alkyl carbamates (subject to hydrolysis) is 1. The summed E-state index contributed by atoms with van der Waals surface area (Å²) in [7, 11) is 2.79. The summed E-state index contributed by atoms with van der Waals surface area (Å²) in [5, 5.41) is 2.44. The van der Waals surface area contributed by atoms with E-state index < -0.39 is 12.1 Å². The Balaban J connectivity index is 1.79. The average molecular weight is 421 g/mol. The van der Waals surface area contributed by atoms with Gasteiger partial charge in [-0.3, -0.25) is 5.32 Å². The molecule has 0 aliphatic carbocycles. The van der Waals surface area contributed by atoms with Gasteiger partial charge in [-0.15, -0.1) is 0 Å². The van der Waals surface area contributed by atoms with Gasteiger partial charge in [-0.2, -0.15) is 0 Å². The summed E-state index contributed by atoms with van der Waals surface area (Å²) >= 11 is 0. The highest BCUT2D eigenvalue weighted by molar-refractivity contribution is 5.96. The number of hydrogen-bond acceptors (Lipinski definition) is 6. The number of benzene rings is 2. The van der Waals surface area contributed by atoms with Gasteiger partial charge in [-0.05, 0) is 36.3 Å². The SMILES string of the molecule is COC(=O)C(=Cc1ccc(-n2cnc(C)c2)c(OC)c1)NC(=O)OCc1ccccc1. The molecule has 8 nitrogen and oxygen atoms in total. The Labute approximate surface area is 180 Å². The van der Waals surface area contributed by atoms with Crippen molar-refractivity contribution in [3.05, 3.63) is 83.6 Å². The zero-order chi connectivity index (χ0) is 22.2. The first kappa shape index (κ1) is 21.6. The lowest BCUT2D eigenvalue weighted by Crippen LogP contribution is -2.28. The van der Waals surface area contributed by atoms with Gasteiger partial charge in [-0.1, -0.05) is 36.4 Å². The van der Waals surface area contributed by atoms with E-state index in [1.807, 2.05) is 54.1 Å². The molecule has 31 heavy (non-hydrogen) atoms.